The highest BCUT2D eigenvalue weighted by Crippen LogP contribution is 2.39. The fourth-order valence-corrected chi connectivity index (χ4v) is 3.72. The van der Waals surface area contributed by atoms with Crippen molar-refractivity contribution in [3.8, 4) is 22.8 Å². The average molecular weight is 466 g/mol. The Morgan fingerprint density at radius 3 is 2.68 bits per heavy atom. The normalized spacial score (nSPS) is 18.6. The predicted octanol–water partition coefficient (Wildman–Crippen LogP) is 4.82. The van der Waals surface area contributed by atoms with Gasteiger partial charge in [0, 0.05) is 10.5 Å². The second kappa shape index (κ2) is 7.14. The molecule has 2 aromatic carbocycles. The lowest BCUT2D eigenvalue weighted by atomic mass is 9.82. The monoisotopic (exact) mass is 464 g/mol. The quantitative estimate of drug-likeness (QED) is 0.573. The number of rotatable bonds is 4. The van der Waals surface area contributed by atoms with Crippen molar-refractivity contribution >= 4 is 44.5 Å². The van der Waals surface area contributed by atoms with Crippen molar-refractivity contribution < 1.29 is 24.2 Å². The highest BCUT2D eigenvalue weighted by Gasteiger charge is 2.36. The van der Waals surface area contributed by atoms with E-state index in [1.165, 1.54) is 18.2 Å². The molecule has 8 heteroatoms. The Labute approximate surface area is 172 Å². The Morgan fingerprint density at radius 2 is 1.96 bits per heavy atom. The third-order valence-corrected chi connectivity index (χ3v) is 5.55. The first-order valence-corrected chi connectivity index (χ1v) is 9.65. The average Bonchev–Trinajstić information content (AvgIpc) is 2.60. The maximum atomic E-state index is 12.5. The molecule has 0 bridgehead atoms. The molecular weight excluding hydrogens is 452 g/mol. The van der Waals surface area contributed by atoms with E-state index in [4.69, 9.17) is 25.9 Å². The first-order valence-electron chi connectivity index (χ1n) is 8.48. The van der Waals surface area contributed by atoms with Crippen LogP contribution in [0.1, 0.15) is 12.8 Å². The van der Waals surface area contributed by atoms with Crippen molar-refractivity contribution in [1.29, 1.82) is 0 Å². The van der Waals surface area contributed by atoms with Gasteiger partial charge in [-0.3, -0.25) is 9.59 Å². The molecule has 0 radical (unpaired) electrons. The third-order valence-electron chi connectivity index (χ3n) is 4.76. The molecule has 6 nitrogen and oxygen atoms in total. The number of fused-ring (bicyclic) bond motifs is 1. The molecule has 4 rings (SSSR count). The van der Waals surface area contributed by atoms with Crippen molar-refractivity contribution in [1.82, 2.24) is 0 Å². The van der Waals surface area contributed by atoms with Crippen LogP contribution >= 0.6 is 27.5 Å². The lowest BCUT2D eigenvalue weighted by Crippen LogP contribution is -2.38. The van der Waals surface area contributed by atoms with Gasteiger partial charge in [0.2, 0.25) is 0 Å². The zero-order valence-electron chi connectivity index (χ0n) is 14.3. The number of aromatic hydroxyl groups is 1. The van der Waals surface area contributed by atoms with Crippen molar-refractivity contribution in [3.05, 3.63) is 56.1 Å². The molecule has 1 aromatic heterocycles. The first-order chi connectivity index (χ1) is 13.3. The molecule has 2 N–H and O–H groups in total. The summed E-state index contributed by atoms with van der Waals surface area (Å²) in [6, 6.07) is 9.30. The predicted molar refractivity (Wildman–Crippen MR) is 107 cm³/mol. The topological polar surface area (TPSA) is 97.0 Å². The summed E-state index contributed by atoms with van der Waals surface area (Å²) in [5.74, 6) is -0.741. The van der Waals surface area contributed by atoms with Crippen molar-refractivity contribution in [3.63, 3.8) is 0 Å². The van der Waals surface area contributed by atoms with Crippen LogP contribution in [-0.2, 0) is 4.79 Å². The summed E-state index contributed by atoms with van der Waals surface area (Å²) < 4.78 is 12.6. The molecule has 0 atom stereocenters. The molecular formula is C20H14BrClO6. The minimum absolute atomic E-state index is 0.0131. The minimum Gasteiger partial charge on any atom is -0.507 e. The number of carboxylic acids is 1. The van der Waals surface area contributed by atoms with E-state index in [1.54, 1.807) is 18.2 Å². The second-order valence-corrected chi connectivity index (χ2v) is 7.96. The van der Waals surface area contributed by atoms with E-state index in [9.17, 15) is 14.7 Å². The fourth-order valence-electron chi connectivity index (χ4n) is 3.19. The molecule has 0 saturated heterocycles. The number of aliphatic carboxylic acids is 1. The summed E-state index contributed by atoms with van der Waals surface area (Å²) in [6.45, 7) is 0. The van der Waals surface area contributed by atoms with Crippen LogP contribution in [0.5, 0.6) is 11.5 Å². The van der Waals surface area contributed by atoms with E-state index < -0.39 is 17.3 Å². The number of carboxylic acid groups (broad SMARTS) is 1. The summed E-state index contributed by atoms with van der Waals surface area (Å²) in [4.78, 5) is 23.5. The number of carbonyl (C=O) groups is 1. The molecule has 0 unspecified atom stereocenters. The smallest absolute Gasteiger partial charge is 0.306 e. The van der Waals surface area contributed by atoms with E-state index in [0.29, 0.717) is 24.2 Å². The van der Waals surface area contributed by atoms with Gasteiger partial charge < -0.3 is 19.4 Å². The van der Waals surface area contributed by atoms with Crippen LogP contribution in [0.4, 0.5) is 0 Å². The van der Waals surface area contributed by atoms with E-state index in [-0.39, 0.29) is 33.6 Å². The standard InChI is InChI=1S/C20H14BrClO6/c21-10-1-2-12(16(7-10)27-11-5-9(6-11)20(25)26)17-8-15(24)18-14(23)4-3-13(22)19(18)28-17/h1-4,7-9,11,23H,5-6H2,(H,25,26)/t9-,11+. The van der Waals surface area contributed by atoms with Crippen LogP contribution in [0.15, 0.2) is 50.1 Å². The number of hydrogen-bond donors (Lipinski definition) is 2. The summed E-state index contributed by atoms with van der Waals surface area (Å²) in [5, 5.41) is 19.2. The Bertz CT molecular complexity index is 1150. The van der Waals surface area contributed by atoms with Crippen LogP contribution in [0.3, 0.4) is 0 Å². The molecule has 1 saturated carbocycles. The number of halogens is 2. The van der Waals surface area contributed by atoms with Gasteiger partial charge in [-0.1, -0.05) is 27.5 Å². The highest BCUT2D eigenvalue weighted by atomic mass is 79.9. The molecule has 1 aliphatic rings. The molecule has 3 aromatic rings. The molecule has 1 fully saturated rings. The molecule has 144 valence electrons. The third kappa shape index (κ3) is 3.36. The molecule has 1 heterocycles. The SMILES string of the molecule is O=c1cc(-c2ccc(Br)cc2O[C@H]2C[C@@H](C(=O)O)C2)oc2c(Cl)ccc(O)c12. The van der Waals surface area contributed by atoms with Crippen LogP contribution in [-0.4, -0.2) is 22.3 Å². The fraction of sp³-hybridized carbons (Fsp3) is 0.200. The van der Waals surface area contributed by atoms with Crippen molar-refractivity contribution in [2.75, 3.05) is 0 Å². The molecule has 28 heavy (non-hydrogen) atoms. The van der Waals surface area contributed by atoms with E-state index in [0.717, 1.165) is 4.47 Å². The minimum atomic E-state index is -0.829. The first kappa shape index (κ1) is 18.8. The summed E-state index contributed by atoms with van der Waals surface area (Å²) in [6.07, 6.45) is 0.611. The number of ether oxygens (including phenoxy) is 1. The number of phenols is 1. The second-order valence-electron chi connectivity index (χ2n) is 6.63. The van der Waals surface area contributed by atoms with Crippen LogP contribution in [0.2, 0.25) is 5.02 Å². The Morgan fingerprint density at radius 1 is 1.21 bits per heavy atom. The maximum Gasteiger partial charge on any atom is 0.306 e. The van der Waals surface area contributed by atoms with Crippen molar-refractivity contribution in [2.45, 2.75) is 18.9 Å². The number of hydrogen-bond acceptors (Lipinski definition) is 5. The molecule has 1 aliphatic carbocycles. The number of benzene rings is 2. The Hall–Kier alpha value is -2.51. The summed E-state index contributed by atoms with van der Waals surface area (Å²) in [5.41, 5.74) is 0.188. The van der Waals surface area contributed by atoms with Gasteiger partial charge in [0.25, 0.3) is 0 Å². The summed E-state index contributed by atoms with van der Waals surface area (Å²) >= 11 is 9.54. The van der Waals surface area contributed by atoms with Crippen LogP contribution in [0, 0.1) is 5.92 Å². The molecule has 0 aliphatic heterocycles. The molecule has 0 amide bonds. The number of phenolic OH excluding ortho intramolecular Hbond substituents is 1. The Balaban J connectivity index is 1.77. The lowest BCUT2D eigenvalue weighted by molar-refractivity contribution is -0.147. The zero-order chi connectivity index (χ0) is 20.0. The lowest BCUT2D eigenvalue weighted by Gasteiger charge is -2.33. The van der Waals surface area contributed by atoms with Gasteiger partial charge in [0.1, 0.15) is 28.7 Å². The zero-order valence-corrected chi connectivity index (χ0v) is 16.7. The highest BCUT2D eigenvalue weighted by molar-refractivity contribution is 9.10. The van der Waals surface area contributed by atoms with Crippen molar-refractivity contribution in [2.24, 2.45) is 5.92 Å². The Kier molecular flexibility index (Phi) is 4.81. The van der Waals surface area contributed by atoms with Gasteiger partial charge in [0.05, 0.1) is 16.5 Å². The van der Waals surface area contributed by atoms with Crippen LogP contribution in [0.25, 0.3) is 22.3 Å². The van der Waals surface area contributed by atoms with Gasteiger partial charge in [-0.25, -0.2) is 0 Å². The summed E-state index contributed by atoms with van der Waals surface area (Å²) in [7, 11) is 0. The van der Waals surface area contributed by atoms with E-state index >= 15 is 0 Å². The van der Waals surface area contributed by atoms with Gasteiger partial charge in [-0.15, -0.1) is 0 Å². The van der Waals surface area contributed by atoms with Gasteiger partial charge in [-0.05, 0) is 43.2 Å². The van der Waals surface area contributed by atoms with Crippen LogP contribution < -0.4 is 10.2 Å². The molecule has 0 spiro atoms. The van der Waals surface area contributed by atoms with E-state index in [2.05, 4.69) is 15.9 Å². The van der Waals surface area contributed by atoms with Gasteiger partial charge >= 0.3 is 5.97 Å². The largest absolute Gasteiger partial charge is 0.507 e. The van der Waals surface area contributed by atoms with E-state index in [1.807, 2.05) is 0 Å². The van der Waals surface area contributed by atoms with Gasteiger partial charge in [-0.2, -0.15) is 0 Å². The maximum absolute atomic E-state index is 12.5. The van der Waals surface area contributed by atoms with Gasteiger partial charge in [0.15, 0.2) is 11.0 Å².